The molecule has 2 aromatic rings. The molecular weight excluding hydrogens is 276 g/mol. The number of hydrogen-bond acceptors (Lipinski definition) is 3. The van der Waals surface area contributed by atoms with Gasteiger partial charge < -0.3 is 9.47 Å². The molecule has 0 aliphatic rings. The van der Waals surface area contributed by atoms with Gasteiger partial charge in [-0.25, -0.2) is 0 Å². The van der Waals surface area contributed by atoms with Gasteiger partial charge >= 0.3 is 0 Å². The van der Waals surface area contributed by atoms with Crippen LogP contribution in [0.1, 0.15) is 5.56 Å². The predicted molar refractivity (Wildman–Crippen MR) is 79.1 cm³/mol. The van der Waals surface area contributed by atoms with Crippen molar-refractivity contribution < 1.29 is 14.3 Å². The maximum absolute atomic E-state index is 10.0. The molecule has 0 spiro atoms. The minimum Gasteiger partial charge on any atom is -0.488 e. The molecule has 0 aliphatic carbocycles. The van der Waals surface area contributed by atoms with Crippen LogP contribution in [0.15, 0.2) is 42.5 Å². The standard InChI is InChI=1S/C16H15ClO3/c1-12-2-4-13(5-3-12)14-6-7-16(15(17)10-14)20-9-8-19-11-18/h2-7,10-11H,8-9H2,1H3. The molecule has 104 valence electrons. The second-order valence-electron chi connectivity index (χ2n) is 4.33. The number of carbonyl (C=O) groups excluding carboxylic acids is 1. The predicted octanol–water partition coefficient (Wildman–Crippen LogP) is 3.87. The first kappa shape index (κ1) is 14.4. The van der Waals surface area contributed by atoms with E-state index in [0.29, 0.717) is 17.2 Å². The summed E-state index contributed by atoms with van der Waals surface area (Å²) in [5.41, 5.74) is 3.36. The molecule has 2 aromatic carbocycles. The Morgan fingerprint density at radius 2 is 1.75 bits per heavy atom. The first-order chi connectivity index (χ1) is 9.70. The first-order valence-electron chi connectivity index (χ1n) is 6.25. The zero-order valence-corrected chi connectivity index (χ0v) is 11.9. The summed E-state index contributed by atoms with van der Waals surface area (Å²) in [6, 6.07) is 13.9. The average Bonchev–Trinajstić information content (AvgIpc) is 2.46. The fraction of sp³-hybridized carbons (Fsp3) is 0.188. The fourth-order valence-corrected chi connectivity index (χ4v) is 2.03. The third-order valence-corrected chi connectivity index (χ3v) is 3.14. The first-order valence-corrected chi connectivity index (χ1v) is 6.63. The van der Waals surface area contributed by atoms with E-state index in [2.05, 4.69) is 35.9 Å². The Balaban J connectivity index is 2.09. The lowest BCUT2D eigenvalue weighted by Gasteiger charge is -2.09. The van der Waals surface area contributed by atoms with Crippen LogP contribution in [0.25, 0.3) is 11.1 Å². The van der Waals surface area contributed by atoms with Gasteiger partial charge in [-0.15, -0.1) is 0 Å². The lowest BCUT2D eigenvalue weighted by molar-refractivity contribution is -0.129. The third kappa shape index (κ3) is 3.75. The monoisotopic (exact) mass is 290 g/mol. The zero-order valence-electron chi connectivity index (χ0n) is 11.1. The van der Waals surface area contributed by atoms with E-state index >= 15 is 0 Å². The van der Waals surface area contributed by atoms with Crippen molar-refractivity contribution in [2.45, 2.75) is 6.92 Å². The van der Waals surface area contributed by atoms with Crippen molar-refractivity contribution in [3.05, 3.63) is 53.1 Å². The normalized spacial score (nSPS) is 10.1. The van der Waals surface area contributed by atoms with E-state index in [1.165, 1.54) is 5.56 Å². The van der Waals surface area contributed by atoms with Crippen molar-refractivity contribution in [1.29, 1.82) is 0 Å². The summed E-state index contributed by atoms with van der Waals surface area (Å²) in [6.45, 7) is 2.93. The number of ether oxygens (including phenoxy) is 2. The summed E-state index contributed by atoms with van der Waals surface area (Å²) in [4.78, 5) is 10.0. The van der Waals surface area contributed by atoms with Crippen LogP contribution in [0.5, 0.6) is 5.75 Å². The number of hydrogen-bond donors (Lipinski definition) is 0. The van der Waals surface area contributed by atoms with Gasteiger partial charge in [-0.05, 0) is 30.2 Å². The van der Waals surface area contributed by atoms with Crippen LogP contribution in [-0.2, 0) is 9.53 Å². The van der Waals surface area contributed by atoms with Crippen LogP contribution in [0.3, 0.4) is 0 Å². The van der Waals surface area contributed by atoms with Crippen LogP contribution in [-0.4, -0.2) is 19.7 Å². The lowest BCUT2D eigenvalue weighted by atomic mass is 10.0. The maximum atomic E-state index is 10.0. The highest BCUT2D eigenvalue weighted by atomic mass is 35.5. The van der Waals surface area contributed by atoms with Crippen molar-refractivity contribution in [2.75, 3.05) is 13.2 Å². The SMILES string of the molecule is Cc1ccc(-c2ccc(OCCOC=O)c(Cl)c2)cc1. The topological polar surface area (TPSA) is 35.5 Å². The smallest absolute Gasteiger partial charge is 0.293 e. The highest BCUT2D eigenvalue weighted by Gasteiger charge is 2.05. The number of halogens is 1. The van der Waals surface area contributed by atoms with Crippen LogP contribution in [0.4, 0.5) is 0 Å². The fourth-order valence-electron chi connectivity index (χ4n) is 1.79. The van der Waals surface area contributed by atoms with Gasteiger partial charge in [-0.1, -0.05) is 47.5 Å². The molecule has 0 unspecified atom stereocenters. The molecule has 2 rings (SSSR count). The summed E-state index contributed by atoms with van der Waals surface area (Å²) in [7, 11) is 0. The van der Waals surface area contributed by atoms with Gasteiger partial charge in [0.1, 0.15) is 19.0 Å². The van der Waals surface area contributed by atoms with Gasteiger partial charge in [0.15, 0.2) is 0 Å². The highest BCUT2D eigenvalue weighted by Crippen LogP contribution is 2.30. The van der Waals surface area contributed by atoms with Crippen molar-refractivity contribution in [1.82, 2.24) is 0 Å². The molecule has 0 amide bonds. The molecule has 0 bridgehead atoms. The van der Waals surface area contributed by atoms with Crippen molar-refractivity contribution in [2.24, 2.45) is 0 Å². The Labute approximate surface area is 123 Å². The van der Waals surface area contributed by atoms with Crippen LogP contribution in [0.2, 0.25) is 5.02 Å². The third-order valence-electron chi connectivity index (χ3n) is 2.84. The van der Waals surface area contributed by atoms with Crippen LogP contribution < -0.4 is 4.74 Å². The van der Waals surface area contributed by atoms with E-state index in [1.54, 1.807) is 0 Å². The average molecular weight is 291 g/mol. The quantitative estimate of drug-likeness (QED) is 0.598. The molecule has 3 nitrogen and oxygen atoms in total. The van der Waals surface area contributed by atoms with E-state index in [-0.39, 0.29) is 13.2 Å². The number of rotatable bonds is 6. The molecular formula is C16H15ClO3. The van der Waals surface area contributed by atoms with E-state index in [1.807, 2.05) is 18.2 Å². The Hall–Kier alpha value is -2.00. The minimum absolute atomic E-state index is 0.208. The molecule has 0 heterocycles. The molecule has 0 saturated carbocycles. The largest absolute Gasteiger partial charge is 0.488 e. The minimum atomic E-state index is 0.208. The summed E-state index contributed by atoms with van der Waals surface area (Å²) in [5.74, 6) is 0.581. The second-order valence-corrected chi connectivity index (χ2v) is 4.73. The molecule has 20 heavy (non-hydrogen) atoms. The summed E-state index contributed by atoms with van der Waals surface area (Å²) in [5, 5.41) is 0.536. The Bertz CT molecular complexity index is 579. The van der Waals surface area contributed by atoms with Gasteiger partial charge in [0, 0.05) is 0 Å². The molecule has 0 N–H and O–H groups in total. The van der Waals surface area contributed by atoms with Crippen molar-refractivity contribution >= 4 is 18.1 Å². The summed E-state index contributed by atoms with van der Waals surface area (Å²) >= 11 is 6.19. The Morgan fingerprint density at radius 1 is 1.05 bits per heavy atom. The Morgan fingerprint density at radius 3 is 2.40 bits per heavy atom. The van der Waals surface area contributed by atoms with Crippen LogP contribution in [0, 0.1) is 6.92 Å². The molecule has 0 radical (unpaired) electrons. The molecule has 0 atom stereocenters. The van der Waals surface area contributed by atoms with Gasteiger partial charge in [0.05, 0.1) is 5.02 Å². The number of aryl methyl sites for hydroxylation is 1. The van der Waals surface area contributed by atoms with E-state index in [4.69, 9.17) is 16.3 Å². The van der Waals surface area contributed by atoms with E-state index in [0.717, 1.165) is 11.1 Å². The number of carbonyl (C=O) groups is 1. The molecule has 4 heteroatoms. The van der Waals surface area contributed by atoms with E-state index in [9.17, 15) is 4.79 Å². The molecule has 0 fully saturated rings. The molecule has 0 aliphatic heterocycles. The molecule has 0 saturated heterocycles. The summed E-state index contributed by atoms with van der Waals surface area (Å²) < 4.78 is 9.98. The highest BCUT2D eigenvalue weighted by molar-refractivity contribution is 6.32. The second kappa shape index (κ2) is 6.96. The van der Waals surface area contributed by atoms with Crippen LogP contribution >= 0.6 is 11.6 Å². The maximum Gasteiger partial charge on any atom is 0.293 e. The lowest BCUT2D eigenvalue weighted by Crippen LogP contribution is -2.05. The van der Waals surface area contributed by atoms with Gasteiger partial charge in [0.25, 0.3) is 6.47 Å². The van der Waals surface area contributed by atoms with Crippen molar-refractivity contribution in [3.8, 4) is 16.9 Å². The number of benzene rings is 2. The van der Waals surface area contributed by atoms with E-state index < -0.39 is 0 Å². The van der Waals surface area contributed by atoms with Gasteiger partial charge in [0.2, 0.25) is 0 Å². The van der Waals surface area contributed by atoms with Gasteiger partial charge in [-0.2, -0.15) is 0 Å². The zero-order chi connectivity index (χ0) is 14.4. The van der Waals surface area contributed by atoms with Crippen molar-refractivity contribution in [3.63, 3.8) is 0 Å². The van der Waals surface area contributed by atoms with Gasteiger partial charge in [-0.3, -0.25) is 4.79 Å². The molecule has 0 aromatic heterocycles. The summed E-state index contributed by atoms with van der Waals surface area (Å²) in [6.07, 6.45) is 0. The Kier molecular flexibility index (Phi) is 5.02.